The lowest BCUT2D eigenvalue weighted by Crippen LogP contribution is -2.55. The van der Waals surface area contributed by atoms with Gasteiger partial charge < -0.3 is 15.4 Å². The average molecular weight is 344 g/mol. The van der Waals surface area contributed by atoms with Crippen LogP contribution in [-0.4, -0.2) is 55.7 Å². The quantitative estimate of drug-likeness (QED) is 0.874. The molecule has 0 aromatic carbocycles. The predicted molar refractivity (Wildman–Crippen MR) is 92.1 cm³/mol. The molecular formula is C17H24N6O2. The summed E-state index contributed by atoms with van der Waals surface area (Å²) in [5.41, 5.74) is 8.26. The van der Waals surface area contributed by atoms with Gasteiger partial charge in [0, 0.05) is 23.5 Å². The van der Waals surface area contributed by atoms with E-state index in [0.29, 0.717) is 25.4 Å². The molecule has 3 heterocycles. The number of aromatic nitrogens is 4. The first-order valence-electron chi connectivity index (χ1n) is 8.94. The summed E-state index contributed by atoms with van der Waals surface area (Å²) >= 11 is 0. The average Bonchev–Trinajstić information content (AvgIpc) is 2.98. The van der Waals surface area contributed by atoms with Crippen molar-refractivity contribution in [3.05, 3.63) is 17.0 Å². The molecule has 0 radical (unpaired) electrons. The van der Waals surface area contributed by atoms with E-state index >= 15 is 0 Å². The summed E-state index contributed by atoms with van der Waals surface area (Å²) in [5.74, 6) is 0.805. The van der Waals surface area contributed by atoms with E-state index in [4.69, 9.17) is 10.5 Å². The SMILES string of the molecule is Cc1nc2nc(N)nn2c(C)c1CC(=O)N1CCOC2CCCCC21. The van der Waals surface area contributed by atoms with Gasteiger partial charge in [0.15, 0.2) is 0 Å². The van der Waals surface area contributed by atoms with E-state index in [0.717, 1.165) is 36.2 Å². The van der Waals surface area contributed by atoms with E-state index in [1.807, 2.05) is 18.7 Å². The third-order valence-electron chi connectivity index (χ3n) is 5.45. The lowest BCUT2D eigenvalue weighted by atomic mass is 9.89. The highest BCUT2D eigenvalue weighted by Crippen LogP contribution is 2.29. The van der Waals surface area contributed by atoms with E-state index in [9.17, 15) is 4.79 Å². The van der Waals surface area contributed by atoms with Gasteiger partial charge in [0.2, 0.25) is 11.9 Å². The predicted octanol–water partition coefficient (Wildman–Crippen LogP) is 1.04. The molecule has 8 nitrogen and oxygen atoms in total. The third kappa shape index (κ3) is 2.84. The number of anilines is 1. The number of rotatable bonds is 2. The van der Waals surface area contributed by atoms with Crippen molar-refractivity contribution < 1.29 is 9.53 Å². The van der Waals surface area contributed by atoms with Gasteiger partial charge in [0.25, 0.3) is 5.78 Å². The van der Waals surface area contributed by atoms with Crippen LogP contribution in [0.3, 0.4) is 0 Å². The number of aryl methyl sites for hydroxylation is 2. The van der Waals surface area contributed by atoms with Crippen LogP contribution in [0.2, 0.25) is 0 Å². The molecule has 2 aromatic rings. The molecule has 1 amide bonds. The number of morpholine rings is 1. The Morgan fingerprint density at radius 2 is 2.08 bits per heavy atom. The van der Waals surface area contributed by atoms with Gasteiger partial charge in [-0.15, -0.1) is 5.10 Å². The highest BCUT2D eigenvalue weighted by atomic mass is 16.5. The molecule has 1 saturated carbocycles. The lowest BCUT2D eigenvalue weighted by Gasteiger charge is -2.44. The minimum absolute atomic E-state index is 0.139. The van der Waals surface area contributed by atoms with Gasteiger partial charge >= 0.3 is 0 Å². The summed E-state index contributed by atoms with van der Waals surface area (Å²) in [6.45, 7) is 5.14. The zero-order valence-electron chi connectivity index (χ0n) is 14.7. The van der Waals surface area contributed by atoms with Crippen molar-refractivity contribution in [3.63, 3.8) is 0 Å². The molecule has 8 heteroatoms. The van der Waals surface area contributed by atoms with Crippen LogP contribution in [0.5, 0.6) is 0 Å². The number of amides is 1. The third-order valence-corrected chi connectivity index (χ3v) is 5.45. The molecule has 2 aromatic heterocycles. The van der Waals surface area contributed by atoms with Gasteiger partial charge in [0.05, 0.1) is 25.2 Å². The van der Waals surface area contributed by atoms with Crippen molar-refractivity contribution in [1.29, 1.82) is 0 Å². The van der Waals surface area contributed by atoms with E-state index in [2.05, 4.69) is 15.1 Å². The fraction of sp³-hybridized carbons (Fsp3) is 0.647. The zero-order chi connectivity index (χ0) is 17.6. The van der Waals surface area contributed by atoms with E-state index < -0.39 is 0 Å². The molecule has 2 atom stereocenters. The molecule has 1 aliphatic carbocycles. The number of fused-ring (bicyclic) bond motifs is 2. The van der Waals surface area contributed by atoms with Crippen LogP contribution < -0.4 is 5.73 Å². The van der Waals surface area contributed by atoms with Gasteiger partial charge in [-0.05, 0) is 26.7 Å². The summed E-state index contributed by atoms with van der Waals surface area (Å²) in [5, 5.41) is 4.18. The van der Waals surface area contributed by atoms with Crippen LogP contribution in [0.1, 0.15) is 42.6 Å². The van der Waals surface area contributed by atoms with Crippen LogP contribution >= 0.6 is 0 Å². The Morgan fingerprint density at radius 1 is 1.28 bits per heavy atom. The first-order chi connectivity index (χ1) is 12.0. The van der Waals surface area contributed by atoms with Crippen LogP contribution in [0.25, 0.3) is 5.78 Å². The second-order valence-electron chi connectivity index (χ2n) is 6.97. The molecule has 0 bridgehead atoms. The Hall–Kier alpha value is -2.22. The number of nitrogen functional groups attached to an aromatic ring is 1. The molecular weight excluding hydrogens is 320 g/mol. The van der Waals surface area contributed by atoms with Gasteiger partial charge in [-0.2, -0.15) is 9.50 Å². The van der Waals surface area contributed by atoms with Crippen LogP contribution in [-0.2, 0) is 16.0 Å². The monoisotopic (exact) mass is 344 g/mol. The second kappa shape index (κ2) is 6.25. The molecule has 2 aliphatic rings. The number of hydrogen-bond donors (Lipinski definition) is 1. The fourth-order valence-electron chi connectivity index (χ4n) is 4.14. The topological polar surface area (TPSA) is 98.6 Å². The van der Waals surface area contributed by atoms with Crippen molar-refractivity contribution in [2.75, 3.05) is 18.9 Å². The maximum Gasteiger partial charge on any atom is 0.254 e. The maximum atomic E-state index is 13.0. The highest BCUT2D eigenvalue weighted by Gasteiger charge is 2.36. The van der Waals surface area contributed by atoms with Crippen molar-refractivity contribution in [2.45, 2.75) is 58.1 Å². The van der Waals surface area contributed by atoms with Crippen LogP contribution in [0.15, 0.2) is 0 Å². The minimum atomic E-state index is 0.139. The number of ether oxygens (including phenoxy) is 1. The van der Waals surface area contributed by atoms with Gasteiger partial charge in [-0.3, -0.25) is 4.79 Å². The fourth-order valence-corrected chi connectivity index (χ4v) is 4.14. The molecule has 4 rings (SSSR count). The van der Waals surface area contributed by atoms with Gasteiger partial charge in [0.1, 0.15) is 0 Å². The molecule has 134 valence electrons. The lowest BCUT2D eigenvalue weighted by molar-refractivity contribution is -0.148. The number of carbonyl (C=O) groups excluding carboxylic acids is 1. The Kier molecular flexibility index (Phi) is 4.07. The summed E-state index contributed by atoms with van der Waals surface area (Å²) in [4.78, 5) is 23.6. The van der Waals surface area contributed by atoms with E-state index in [1.54, 1.807) is 4.52 Å². The molecule has 1 saturated heterocycles. The minimum Gasteiger partial charge on any atom is -0.374 e. The highest BCUT2D eigenvalue weighted by molar-refractivity contribution is 5.80. The Balaban J connectivity index is 1.61. The number of nitrogens with two attached hydrogens (primary N) is 1. The Labute approximate surface area is 146 Å². The summed E-state index contributed by atoms with van der Waals surface area (Å²) in [7, 11) is 0. The second-order valence-corrected chi connectivity index (χ2v) is 6.97. The normalized spacial score (nSPS) is 23.7. The molecule has 0 spiro atoms. The van der Waals surface area contributed by atoms with Crippen molar-refractivity contribution in [3.8, 4) is 0 Å². The van der Waals surface area contributed by atoms with Crippen LogP contribution in [0, 0.1) is 13.8 Å². The first kappa shape index (κ1) is 16.3. The smallest absolute Gasteiger partial charge is 0.254 e. The van der Waals surface area contributed by atoms with E-state index in [1.165, 1.54) is 6.42 Å². The number of hydrogen-bond acceptors (Lipinski definition) is 6. The molecule has 2 unspecified atom stereocenters. The summed E-state index contributed by atoms with van der Waals surface area (Å²) in [6, 6.07) is 0.217. The molecule has 1 aliphatic heterocycles. The largest absolute Gasteiger partial charge is 0.374 e. The van der Waals surface area contributed by atoms with Gasteiger partial charge in [-0.25, -0.2) is 4.98 Å². The number of nitrogens with zero attached hydrogens (tertiary/aromatic N) is 5. The summed E-state index contributed by atoms with van der Waals surface area (Å²) in [6.07, 6.45) is 4.96. The van der Waals surface area contributed by atoms with Crippen molar-refractivity contribution in [1.82, 2.24) is 24.5 Å². The summed E-state index contributed by atoms with van der Waals surface area (Å²) < 4.78 is 7.50. The van der Waals surface area contributed by atoms with E-state index in [-0.39, 0.29) is 24.0 Å². The van der Waals surface area contributed by atoms with Crippen LogP contribution in [0.4, 0.5) is 5.95 Å². The number of carbonyl (C=O) groups is 1. The molecule has 2 N–H and O–H groups in total. The standard InChI is InChI=1S/C17H24N6O2/c1-10-12(11(2)23-17(19-10)20-16(18)21-23)9-15(24)22-7-8-25-14-6-4-3-5-13(14)22/h13-14H,3-9H2,1-2H3,(H2,18,21). The molecule has 2 fully saturated rings. The van der Waals surface area contributed by atoms with Crippen molar-refractivity contribution in [2.24, 2.45) is 0 Å². The molecule has 25 heavy (non-hydrogen) atoms. The van der Waals surface area contributed by atoms with Gasteiger partial charge in [-0.1, -0.05) is 12.8 Å². The van der Waals surface area contributed by atoms with Crippen molar-refractivity contribution >= 4 is 17.6 Å². The zero-order valence-corrected chi connectivity index (χ0v) is 14.7. The Bertz CT molecular complexity index is 815. The Morgan fingerprint density at radius 3 is 2.92 bits per heavy atom. The first-order valence-corrected chi connectivity index (χ1v) is 8.94. The maximum absolute atomic E-state index is 13.0.